The monoisotopic (exact) mass is 366 g/mol. The molecule has 2 N–H and O–H groups in total. The SMILES string of the molecule is OCC1CCCN1c1cc(NCCc2nnnn2-c2ccccc2)ncn1. The minimum atomic E-state index is 0.142. The van der Waals surface area contributed by atoms with Gasteiger partial charge in [-0.15, -0.1) is 5.10 Å². The molecule has 3 aromatic rings. The normalized spacial score (nSPS) is 16.6. The molecule has 0 radical (unpaired) electrons. The van der Waals surface area contributed by atoms with Gasteiger partial charge < -0.3 is 15.3 Å². The van der Waals surface area contributed by atoms with Crippen molar-refractivity contribution in [3.8, 4) is 5.69 Å². The molecule has 1 unspecified atom stereocenters. The van der Waals surface area contributed by atoms with E-state index in [4.69, 9.17) is 0 Å². The zero-order chi connectivity index (χ0) is 18.5. The molecule has 2 aromatic heterocycles. The van der Waals surface area contributed by atoms with Gasteiger partial charge in [-0.05, 0) is 35.4 Å². The molecule has 27 heavy (non-hydrogen) atoms. The maximum absolute atomic E-state index is 9.51. The molecule has 3 heterocycles. The number of rotatable bonds is 7. The second-order valence-electron chi connectivity index (χ2n) is 6.45. The predicted molar refractivity (Wildman–Crippen MR) is 101 cm³/mol. The third-order valence-corrected chi connectivity index (χ3v) is 4.72. The first-order chi connectivity index (χ1) is 13.3. The minimum Gasteiger partial charge on any atom is -0.394 e. The number of tetrazole rings is 1. The largest absolute Gasteiger partial charge is 0.394 e. The maximum Gasteiger partial charge on any atom is 0.158 e. The molecule has 0 amide bonds. The van der Waals surface area contributed by atoms with Gasteiger partial charge >= 0.3 is 0 Å². The number of hydrogen-bond donors (Lipinski definition) is 2. The van der Waals surface area contributed by atoms with Crippen molar-refractivity contribution >= 4 is 11.6 Å². The number of hydrogen-bond acceptors (Lipinski definition) is 8. The third kappa shape index (κ3) is 3.87. The summed E-state index contributed by atoms with van der Waals surface area (Å²) >= 11 is 0. The highest BCUT2D eigenvalue weighted by molar-refractivity contribution is 5.49. The van der Waals surface area contributed by atoms with Crippen LogP contribution in [0.3, 0.4) is 0 Å². The summed E-state index contributed by atoms with van der Waals surface area (Å²) in [6, 6.07) is 11.9. The molecule has 1 fully saturated rings. The Bertz CT molecular complexity index is 869. The number of nitrogens with zero attached hydrogens (tertiary/aromatic N) is 7. The van der Waals surface area contributed by atoms with Crippen molar-refractivity contribution in [1.29, 1.82) is 0 Å². The number of aliphatic hydroxyl groups is 1. The van der Waals surface area contributed by atoms with Gasteiger partial charge in [-0.3, -0.25) is 0 Å². The van der Waals surface area contributed by atoms with Crippen molar-refractivity contribution < 1.29 is 5.11 Å². The molecule has 4 rings (SSSR count). The van der Waals surface area contributed by atoms with Gasteiger partial charge in [0.15, 0.2) is 5.82 Å². The summed E-state index contributed by atoms with van der Waals surface area (Å²) in [7, 11) is 0. The lowest BCUT2D eigenvalue weighted by Gasteiger charge is -2.24. The van der Waals surface area contributed by atoms with Crippen LogP contribution in [0.2, 0.25) is 0 Å². The van der Waals surface area contributed by atoms with Crippen molar-refractivity contribution in [2.24, 2.45) is 0 Å². The average Bonchev–Trinajstić information content (AvgIpc) is 3.38. The van der Waals surface area contributed by atoms with Crippen molar-refractivity contribution in [1.82, 2.24) is 30.2 Å². The van der Waals surface area contributed by atoms with Gasteiger partial charge in [-0.2, -0.15) is 4.68 Å². The van der Waals surface area contributed by atoms with Gasteiger partial charge in [0.25, 0.3) is 0 Å². The Morgan fingerprint density at radius 1 is 1.19 bits per heavy atom. The van der Waals surface area contributed by atoms with Crippen LogP contribution >= 0.6 is 0 Å². The van der Waals surface area contributed by atoms with Crippen molar-refractivity contribution in [2.75, 3.05) is 29.9 Å². The van der Waals surface area contributed by atoms with Crippen LogP contribution in [0.1, 0.15) is 18.7 Å². The van der Waals surface area contributed by atoms with Gasteiger partial charge in [-0.25, -0.2) is 9.97 Å². The highest BCUT2D eigenvalue weighted by atomic mass is 16.3. The summed E-state index contributed by atoms with van der Waals surface area (Å²) in [5.74, 6) is 2.38. The Labute approximate surface area is 157 Å². The number of nitrogens with one attached hydrogen (secondary N) is 1. The van der Waals surface area contributed by atoms with Crippen molar-refractivity contribution in [3.05, 3.63) is 48.5 Å². The summed E-state index contributed by atoms with van der Waals surface area (Å²) in [6.07, 6.45) is 4.27. The first-order valence-electron chi connectivity index (χ1n) is 9.11. The van der Waals surface area contributed by atoms with E-state index < -0.39 is 0 Å². The fraction of sp³-hybridized carbons (Fsp3) is 0.389. The van der Waals surface area contributed by atoms with E-state index >= 15 is 0 Å². The van der Waals surface area contributed by atoms with Crippen molar-refractivity contribution in [2.45, 2.75) is 25.3 Å². The van der Waals surface area contributed by atoms with E-state index in [1.807, 2.05) is 36.4 Å². The Balaban J connectivity index is 1.39. The lowest BCUT2D eigenvalue weighted by Crippen LogP contribution is -2.32. The van der Waals surface area contributed by atoms with Gasteiger partial charge in [0.05, 0.1) is 18.3 Å². The van der Waals surface area contributed by atoms with Crippen LogP contribution < -0.4 is 10.2 Å². The first kappa shape index (κ1) is 17.3. The van der Waals surface area contributed by atoms with Crippen LogP contribution in [-0.4, -0.2) is 61.0 Å². The molecular formula is C18H22N8O. The number of aromatic nitrogens is 6. The quantitative estimate of drug-likeness (QED) is 0.640. The van der Waals surface area contributed by atoms with E-state index in [1.165, 1.54) is 0 Å². The molecule has 1 atom stereocenters. The summed E-state index contributed by atoms with van der Waals surface area (Å²) in [5.41, 5.74) is 0.936. The van der Waals surface area contributed by atoms with E-state index in [0.717, 1.165) is 42.5 Å². The lowest BCUT2D eigenvalue weighted by atomic mass is 10.2. The Hall–Kier alpha value is -3.07. The fourth-order valence-electron chi connectivity index (χ4n) is 3.36. The average molecular weight is 366 g/mol. The Kier molecular flexibility index (Phi) is 5.20. The van der Waals surface area contributed by atoms with Crippen LogP contribution in [0.15, 0.2) is 42.7 Å². The molecule has 1 aliphatic rings. The van der Waals surface area contributed by atoms with E-state index in [2.05, 4.69) is 35.7 Å². The first-order valence-corrected chi connectivity index (χ1v) is 9.11. The smallest absolute Gasteiger partial charge is 0.158 e. The maximum atomic E-state index is 9.51. The molecule has 140 valence electrons. The molecule has 9 heteroatoms. The second-order valence-corrected chi connectivity index (χ2v) is 6.45. The highest BCUT2D eigenvalue weighted by Crippen LogP contribution is 2.24. The zero-order valence-corrected chi connectivity index (χ0v) is 14.9. The Morgan fingerprint density at radius 2 is 2.07 bits per heavy atom. The van der Waals surface area contributed by atoms with Gasteiger partial charge in [-0.1, -0.05) is 18.2 Å². The molecule has 0 aliphatic carbocycles. The molecule has 1 aromatic carbocycles. The third-order valence-electron chi connectivity index (χ3n) is 4.72. The van der Waals surface area contributed by atoms with Crippen LogP contribution in [0.4, 0.5) is 11.6 Å². The van der Waals surface area contributed by atoms with E-state index in [0.29, 0.717) is 13.0 Å². The van der Waals surface area contributed by atoms with Gasteiger partial charge in [0, 0.05) is 25.6 Å². The van der Waals surface area contributed by atoms with Crippen molar-refractivity contribution in [3.63, 3.8) is 0 Å². The molecule has 0 saturated carbocycles. The number of para-hydroxylation sites is 1. The molecule has 1 aliphatic heterocycles. The topological polar surface area (TPSA) is 105 Å². The van der Waals surface area contributed by atoms with Crippen LogP contribution in [0, 0.1) is 0 Å². The van der Waals surface area contributed by atoms with E-state index in [1.54, 1.807) is 11.0 Å². The summed E-state index contributed by atoms with van der Waals surface area (Å²) in [5, 5.41) is 24.8. The second kappa shape index (κ2) is 8.09. The number of aliphatic hydroxyl groups excluding tert-OH is 1. The van der Waals surface area contributed by atoms with Gasteiger partial charge in [0.1, 0.15) is 18.0 Å². The molecule has 1 saturated heterocycles. The predicted octanol–water partition coefficient (Wildman–Crippen LogP) is 1.07. The zero-order valence-electron chi connectivity index (χ0n) is 14.9. The highest BCUT2D eigenvalue weighted by Gasteiger charge is 2.25. The minimum absolute atomic E-state index is 0.142. The fourth-order valence-corrected chi connectivity index (χ4v) is 3.36. The van der Waals surface area contributed by atoms with E-state index in [-0.39, 0.29) is 12.6 Å². The summed E-state index contributed by atoms with van der Waals surface area (Å²) < 4.78 is 1.74. The van der Waals surface area contributed by atoms with E-state index in [9.17, 15) is 5.11 Å². The molecule has 0 bridgehead atoms. The number of benzene rings is 1. The standard InChI is InChI=1S/C18H22N8O/c27-12-15-7-4-10-25(15)18-11-16(20-13-21-18)19-9-8-17-22-23-24-26(17)14-5-2-1-3-6-14/h1-3,5-6,11,13,15,27H,4,7-10,12H2,(H,19,20,21). The summed E-state index contributed by atoms with van der Waals surface area (Å²) in [4.78, 5) is 10.8. The summed E-state index contributed by atoms with van der Waals surface area (Å²) in [6.45, 7) is 1.70. The van der Waals surface area contributed by atoms with Crippen LogP contribution in [-0.2, 0) is 6.42 Å². The number of anilines is 2. The lowest BCUT2D eigenvalue weighted by molar-refractivity contribution is 0.266. The van der Waals surface area contributed by atoms with Crippen LogP contribution in [0.5, 0.6) is 0 Å². The Morgan fingerprint density at radius 3 is 2.93 bits per heavy atom. The molecule has 9 nitrogen and oxygen atoms in total. The molecule has 0 spiro atoms. The molecular weight excluding hydrogens is 344 g/mol. The van der Waals surface area contributed by atoms with Gasteiger partial charge in [0.2, 0.25) is 0 Å². The van der Waals surface area contributed by atoms with Crippen LogP contribution in [0.25, 0.3) is 5.69 Å².